The summed E-state index contributed by atoms with van der Waals surface area (Å²) in [7, 11) is 1.62. The van der Waals surface area contributed by atoms with E-state index in [4.69, 9.17) is 9.72 Å². The van der Waals surface area contributed by atoms with Gasteiger partial charge in [0.25, 0.3) is 5.91 Å². The molecule has 0 fully saturated rings. The highest BCUT2D eigenvalue weighted by Crippen LogP contribution is 2.34. The fraction of sp³-hybridized carbons (Fsp3) is 0.0952. The van der Waals surface area contributed by atoms with Crippen molar-refractivity contribution in [1.82, 2.24) is 9.97 Å². The Kier molecular flexibility index (Phi) is 5.45. The van der Waals surface area contributed by atoms with Crippen molar-refractivity contribution >= 4 is 50.0 Å². The largest absolute Gasteiger partial charge is 0.494 e. The molecule has 0 saturated heterocycles. The summed E-state index contributed by atoms with van der Waals surface area (Å²) in [5.41, 5.74) is 1.70. The van der Waals surface area contributed by atoms with E-state index in [1.54, 1.807) is 41.8 Å². The molecule has 0 N–H and O–H groups in total. The van der Waals surface area contributed by atoms with Crippen LogP contribution in [0.4, 0.5) is 5.13 Å². The summed E-state index contributed by atoms with van der Waals surface area (Å²) in [6.07, 6.45) is 6.90. The van der Waals surface area contributed by atoms with E-state index in [9.17, 15) is 4.79 Å². The molecule has 28 heavy (non-hydrogen) atoms. The number of para-hydroxylation sites is 1. The predicted molar refractivity (Wildman–Crippen MR) is 115 cm³/mol. The highest BCUT2D eigenvalue weighted by Gasteiger charge is 2.20. The Morgan fingerprint density at radius 1 is 1.21 bits per heavy atom. The van der Waals surface area contributed by atoms with E-state index in [0.29, 0.717) is 17.4 Å². The van der Waals surface area contributed by atoms with Gasteiger partial charge in [-0.3, -0.25) is 14.7 Å². The molecule has 0 saturated carbocycles. The summed E-state index contributed by atoms with van der Waals surface area (Å²) in [4.78, 5) is 24.6. The maximum Gasteiger partial charge on any atom is 0.253 e. The smallest absolute Gasteiger partial charge is 0.253 e. The number of ether oxygens (including phenoxy) is 1. The van der Waals surface area contributed by atoms with Crippen LogP contribution in [-0.4, -0.2) is 23.0 Å². The third kappa shape index (κ3) is 3.95. The summed E-state index contributed by atoms with van der Waals surface area (Å²) < 4.78 is 6.39. The maximum atomic E-state index is 13.0. The molecule has 1 amide bonds. The quantitative estimate of drug-likeness (QED) is 0.422. The van der Waals surface area contributed by atoms with Gasteiger partial charge in [-0.15, -0.1) is 11.3 Å². The molecule has 4 aromatic rings. The fourth-order valence-electron chi connectivity index (χ4n) is 2.74. The number of benzene rings is 1. The lowest BCUT2D eigenvalue weighted by molar-refractivity contribution is -0.114. The summed E-state index contributed by atoms with van der Waals surface area (Å²) in [6.45, 7) is 0.392. The van der Waals surface area contributed by atoms with Crippen LogP contribution < -0.4 is 9.64 Å². The van der Waals surface area contributed by atoms with E-state index in [-0.39, 0.29) is 5.91 Å². The zero-order valence-electron chi connectivity index (χ0n) is 15.1. The molecule has 5 nitrogen and oxygen atoms in total. The van der Waals surface area contributed by atoms with Gasteiger partial charge in [-0.25, -0.2) is 4.98 Å². The number of aromatic nitrogens is 2. The summed E-state index contributed by atoms with van der Waals surface area (Å²) in [5, 5.41) is 2.61. The number of anilines is 1. The van der Waals surface area contributed by atoms with Crippen molar-refractivity contribution in [3.05, 3.63) is 76.8 Å². The summed E-state index contributed by atoms with van der Waals surface area (Å²) in [6, 6.07) is 13.5. The van der Waals surface area contributed by atoms with Gasteiger partial charge in [0.2, 0.25) is 0 Å². The Labute approximate surface area is 170 Å². The number of nitrogens with zero attached hydrogens (tertiary/aromatic N) is 3. The first-order valence-corrected chi connectivity index (χ1v) is 10.3. The lowest BCUT2D eigenvalue weighted by atomic mass is 10.2. The zero-order valence-corrected chi connectivity index (χ0v) is 16.7. The molecule has 0 atom stereocenters. The van der Waals surface area contributed by atoms with Gasteiger partial charge in [0, 0.05) is 23.3 Å². The van der Waals surface area contributed by atoms with Crippen LogP contribution >= 0.6 is 22.7 Å². The Morgan fingerprint density at radius 2 is 2.14 bits per heavy atom. The summed E-state index contributed by atoms with van der Waals surface area (Å²) >= 11 is 3.06. The second-order valence-electron chi connectivity index (χ2n) is 5.94. The average molecular weight is 408 g/mol. The Bertz CT molecular complexity index is 1110. The molecule has 0 aliphatic carbocycles. The van der Waals surface area contributed by atoms with Crippen LogP contribution in [-0.2, 0) is 11.3 Å². The number of carbonyl (C=O) groups excluding carboxylic acids is 1. The molecular formula is C21H17N3O2S2. The van der Waals surface area contributed by atoms with E-state index in [1.165, 1.54) is 11.3 Å². The first-order chi connectivity index (χ1) is 13.7. The first kappa shape index (κ1) is 18.3. The highest BCUT2D eigenvalue weighted by molar-refractivity contribution is 7.22. The number of hydrogen-bond donors (Lipinski definition) is 0. The molecule has 0 bridgehead atoms. The van der Waals surface area contributed by atoms with Crippen molar-refractivity contribution in [2.24, 2.45) is 0 Å². The van der Waals surface area contributed by atoms with Crippen LogP contribution in [0, 0.1) is 0 Å². The average Bonchev–Trinajstić information content (AvgIpc) is 3.40. The van der Waals surface area contributed by atoms with Gasteiger partial charge in [0.05, 0.1) is 18.4 Å². The number of fused-ring (bicyclic) bond motifs is 1. The Hall–Kier alpha value is -3.03. The molecular weight excluding hydrogens is 390 g/mol. The molecule has 0 unspecified atom stereocenters. The molecule has 0 aliphatic rings. The third-order valence-electron chi connectivity index (χ3n) is 4.08. The molecule has 7 heteroatoms. The lowest BCUT2D eigenvalue weighted by Crippen LogP contribution is -2.28. The molecule has 0 aliphatic heterocycles. The van der Waals surface area contributed by atoms with Crippen molar-refractivity contribution in [1.29, 1.82) is 0 Å². The summed E-state index contributed by atoms with van der Waals surface area (Å²) in [5.74, 6) is 0.568. The molecule has 3 heterocycles. The predicted octanol–water partition coefficient (Wildman–Crippen LogP) is 5.01. The van der Waals surface area contributed by atoms with Crippen molar-refractivity contribution in [3.8, 4) is 5.75 Å². The van der Waals surface area contributed by atoms with Gasteiger partial charge in [-0.05, 0) is 41.3 Å². The van der Waals surface area contributed by atoms with Gasteiger partial charge in [0.15, 0.2) is 5.13 Å². The number of methoxy groups -OCH3 is 1. The minimum Gasteiger partial charge on any atom is -0.494 e. The van der Waals surface area contributed by atoms with Crippen molar-refractivity contribution < 1.29 is 9.53 Å². The van der Waals surface area contributed by atoms with Gasteiger partial charge in [-0.1, -0.05) is 29.5 Å². The van der Waals surface area contributed by atoms with Gasteiger partial charge >= 0.3 is 0 Å². The lowest BCUT2D eigenvalue weighted by Gasteiger charge is -2.18. The van der Waals surface area contributed by atoms with Gasteiger partial charge in [0.1, 0.15) is 11.3 Å². The molecule has 3 aromatic heterocycles. The number of amides is 1. The molecule has 1 aromatic carbocycles. The minimum absolute atomic E-state index is 0.129. The normalized spacial score (nSPS) is 11.2. The van der Waals surface area contributed by atoms with Crippen LogP contribution in [0.1, 0.15) is 10.4 Å². The second kappa shape index (κ2) is 8.33. The van der Waals surface area contributed by atoms with Crippen molar-refractivity contribution in [2.75, 3.05) is 12.0 Å². The van der Waals surface area contributed by atoms with Gasteiger partial charge < -0.3 is 4.74 Å². The van der Waals surface area contributed by atoms with Crippen LogP contribution in [0.25, 0.3) is 16.3 Å². The van der Waals surface area contributed by atoms with Crippen LogP contribution in [0.2, 0.25) is 0 Å². The van der Waals surface area contributed by atoms with E-state index in [0.717, 1.165) is 20.7 Å². The van der Waals surface area contributed by atoms with Crippen molar-refractivity contribution in [3.63, 3.8) is 0 Å². The van der Waals surface area contributed by atoms with E-state index < -0.39 is 0 Å². The maximum absolute atomic E-state index is 13.0. The Balaban J connectivity index is 1.71. The fourth-order valence-corrected chi connectivity index (χ4v) is 4.34. The standard InChI is InChI=1S/C21H17N3O2S2/c1-26-17-7-2-8-18-20(17)23-21(28-18)24(14-15-5-3-11-22-13-15)19(25)10-9-16-6-4-12-27-16/h2-13H,14H2,1H3. The number of thiazole rings is 1. The van der Waals surface area contributed by atoms with Crippen molar-refractivity contribution in [2.45, 2.75) is 6.54 Å². The number of pyridine rings is 1. The van der Waals surface area contributed by atoms with Gasteiger partial charge in [-0.2, -0.15) is 0 Å². The molecule has 4 rings (SSSR count). The minimum atomic E-state index is -0.129. The highest BCUT2D eigenvalue weighted by atomic mass is 32.1. The monoisotopic (exact) mass is 407 g/mol. The number of rotatable bonds is 6. The first-order valence-electron chi connectivity index (χ1n) is 8.60. The SMILES string of the molecule is COc1cccc2sc(N(Cc3cccnc3)C(=O)C=Cc3cccs3)nc12. The Morgan fingerprint density at radius 3 is 2.89 bits per heavy atom. The molecule has 0 spiro atoms. The van der Waals surface area contributed by atoms with E-state index in [1.807, 2.05) is 53.9 Å². The molecule has 140 valence electrons. The number of carbonyl (C=O) groups is 1. The van der Waals surface area contributed by atoms with Crippen LogP contribution in [0.5, 0.6) is 5.75 Å². The second-order valence-corrected chi connectivity index (χ2v) is 7.93. The topological polar surface area (TPSA) is 55.3 Å². The number of thiophene rings is 1. The van der Waals surface area contributed by atoms with E-state index in [2.05, 4.69) is 4.98 Å². The third-order valence-corrected chi connectivity index (χ3v) is 5.97. The zero-order chi connectivity index (χ0) is 19.3. The van der Waals surface area contributed by atoms with E-state index >= 15 is 0 Å². The number of hydrogen-bond acceptors (Lipinski definition) is 6. The molecule has 0 radical (unpaired) electrons. The van der Waals surface area contributed by atoms with Crippen LogP contribution in [0.3, 0.4) is 0 Å². The van der Waals surface area contributed by atoms with Crippen LogP contribution in [0.15, 0.2) is 66.3 Å².